The fourth-order valence-electron chi connectivity index (χ4n) is 1.10. The topological polar surface area (TPSA) is 34.1 Å². The Bertz CT molecular complexity index is 410. The summed E-state index contributed by atoms with van der Waals surface area (Å²) in [6, 6.07) is 4.33. The summed E-state index contributed by atoms with van der Waals surface area (Å²) in [4.78, 5) is 0. The fraction of sp³-hybridized carbons (Fsp3) is 0.333. The molecule has 2 nitrogen and oxygen atoms in total. The molecule has 1 aromatic rings. The van der Waals surface area contributed by atoms with Crippen molar-refractivity contribution >= 4 is 9.84 Å². The quantitative estimate of drug-likeness (QED) is 0.731. The second-order valence-electron chi connectivity index (χ2n) is 3.15. The van der Waals surface area contributed by atoms with Crippen LogP contribution in [-0.4, -0.2) is 14.7 Å². The molecule has 0 saturated heterocycles. The van der Waals surface area contributed by atoms with E-state index in [-0.39, 0.29) is 11.6 Å². The molecule has 0 aliphatic heterocycles. The van der Waals surface area contributed by atoms with E-state index in [1.54, 1.807) is 13.0 Å². The van der Waals surface area contributed by atoms with E-state index in [2.05, 4.69) is 0 Å². The average molecular weight is 202 g/mol. The SMILES string of the molecule is Cc1cc(CS(C)(=O)=O)ccc1F. The summed E-state index contributed by atoms with van der Waals surface area (Å²) in [5.74, 6) is -0.342. The molecule has 0 bridgehead atoms. The number of benzene rings is 1. The minimum atomic E-state index is -3.03. The molecule has 0 atom stereocenters. The molecule has 0 amide bonds. The molecule has 13 heavy (non-hydrogen) atoms. The van der Waals surface area contributed by atoms with Gasteiger partial charge in [0.25, 0.3) is 0 Å². The molecule has 4 heteroatoms. The Morgan fingerprint density at radius 1 is 1.38 bits per heavy atom. The number of aryl methyl sites for hydroxylation is 1. The van der Waals surface area contributed by atoms with Gasteiger partial charge in [-0.1, -0.05) is 12.1 Å². The largest absolute Gasteiger partial charge is 0.229 e. The lowest BCUT2D eigenvalue weighted by Crippen LogP contribution is -2.01. The zero-order valence-corrected chi connectivity index (χ0v) is 8.36. The summed E-state index contributed by atoms with van der Waals surface area (Å²) < 4.78 is 34.6. The van der Waals surface area contributed by atoms with E-state index in [0.29, 0.717) is 11.1 Å². The average Bonchev–Trinajstić information content (AvgIpc) is 1.94. The van der Waals surface area contributed by atoms with E-state index in [9.17, 15) is 12.8 Å². The van der Waals surface area contributed by atoms with Gasteiger partial charge in [-0.05, 0) is 24.1 Å². The molecule has 0 fully saturated rings. The van der Waals surface area contributed by atoms with Crippen LogP contribution in [0.1, 0.15) is 11.1 Å². The van der Waals surface area contributed by atoms with Crippen LogP contribution in [0.2, 0.25) is 0 Å². The number of sulfone groups is 1. The van der Waals surface area contributed by atoms with E-state index < -0.39 is 9.84 Å². The third-order valence-corrected chi connectivity index (χ3v) is 2.51. The number of rotatable bonds is 2. The zero-order valence-electron chi connectivity index (χ0n) is 7.54. The fourth-order valence-corrected chi connectivity index (χ4v) is 1.88. The monoisotopic (exact) mass is 202 g/mol. The maximum absolute atomic E-state index is 12.8. The Balaban J connectivity index is 2.99. The van der Waals surface area contributed by atoms with Crippen LogP contribution in [0, 0.1) is 12.7 Å². The molecule has 0 N–H and O–H groups in total. The molecule has 0 unspecified atom stereocenters. The highest BCUT2D eigenvalue weighted by Crippen LogP contribution is 2.11. The van der Waals surface area contributed by atoms with Gasteiger partial charge in [-0.3, -0.25) is 0 Å². The second kappa shape index (κ2) is 3.46. The molecule has 0 spiro atoms. The molecule has 1 rings (SSSR count). The number of hydrogen-bond acceptors (Lipinski definition) is 2. The van der Waals surface area contributed by atoms with Crippen LogP contribution in [0.25, 0.3) is 0 Å². The first kappa shape index (κ1) is 10.2. The van der Waals surface area contributed by atoms with Crippen LogP contribution in [0.15, 0.2) is 18.2 Å². The van der Waals surface area contributed by atoms with Crippen LogP contribution in [0.3, 0.4) is 0 Å². The van der Waals surface area contributed by atoms with Gasteiger partial charge in [0.2, 0.25) is 0 Å². The molecule has 0 saturated carbocycles. The maximum atomic E-state index is 12.8. The summed E-state index contributed by atoms with van der Waals surface area (Å²) in [7, 11) is -3.03. The first-order chi connectivity index (χ1) is 5.88. The van der Waals surface area contributed by atoms with Gasteiger partial charge in [-0.15, -0.1) is 0 Å². The van der Waals surface area contributed by atoms with Gasteiger partial charge in [0, 0.05) is 6.26 Å². The van der Waals surface area contributed by atoms with Crippen molar-refractivity contribution in [3.63, 3.8) is 0 Å². The van der Waals surface area contributed by atoms with E-state index >= 15 is 0 Å². The standard InChI is InChI=1S/C9H11FO2S/c1-7-5-8(3-4-9(7)10)6-13(2,11)12/h3-5H,6H2,1-2H3. The number of halogens is 1. The van der Waals surface area contributed by atoms with E-state index in [1.165, 1.54) is 12.1 Å². The first-order valence-electron chi connectivity index (χ1n) is 3.81. The van der Waals surface area contributed by atoms with Crippen LogP contribution < -0.4 is 0 Å². The van der Waals surface area contributed by atoms with Crippen molar-refractivity contribution in [2.75, 3.05) is 6.26 Å². The van der Waals surface area contributed by atoms with Gasteiger partial charge in [0.15, 0.2) is 9.84 Å². The van der Waals surface area contributed by atoms with Crippen LogP contribution in [-0.2, 0) is 15.6 Å². The molecule has 0 aromatic heterocycles. The van der Waals surface area contributed by atoms with Crippen LogP contribution >= 0.6 is 0 Å². The molecule has 0 heterocycles. The Kier molecular flexibility index (Phi) is 2.71. The maximum Gasteiger partial charge on any atom is 0.151 e. The molecule has 72 valence electrons. The van der Waals surface area contributed by atoms with Gasteiger partial charge in [0.05, 0.1) is 5.75 Å². The van der Waals surface area contributed by atoms with Crippen molar-refractivity contribution in [1.29, 1.82) is 0 Å². The highest BCUT2D eigenvalue weighted by atomic mass is 32.2. The first-order valence-corrected chi connectivity index (χ1v) is 5.87. The Hall–Kier alpha value is -0.900. The normalized spacial score (nSPS) is 11.6. The van der Waals surface area contributed by atoms with Crippen LogP contribution in [0.4, 0.5) is 4.39 Å². The molecular formula is C9H11FO2S. The molecule has 0 aliphatic carbocycles. The summed E-state index contributed by atoms with van der Waals surface area (Å²) in [6.07, 6.45) is 1.16. The van der Waals surface area contributed by atoms with E-state index in [1.807, 2.05) is 0 Å². The van der Waals surface area contributed by atoms with Crippen LogP contribution in [0.5, 0.6) is 0 Å². The predicted octanol–water partition coefficient (Wildman–Crippen LogP) is 1.68. The van der Waals surface area contributed by atoms with Crippen molar-refractivity contribution in [1.82, 2.24) is 0 Å². The lowest BCUT2D eigenvalue weighted by atomic mass is 10.1. The highest BCUT2D eigenvalue weighted by Gasteiger charge is 2.05. The van der Waals surface area contributed by atoms with Gasteiger partial charge in [0.1, 0.15) is 5.82 Å². The minimum absolute atomic E-state index is 0.0336. The summed E-state index contributed by atoms with van der Waals surface area (Å²) in [5.41, 5.74) is 1.10. The summed E-state index contributed by atoms with van der Waals surface area (Å²) in [6.45, 7) is 1.61. The summed E-state index contributed by atoms with van der Waals surface area (Å²) in [5, 5.41) is 0. The predicted molar refractivity (Wildman–Crippen MR) is 49.7 cm³/mol. The third-order valence-electron chi connectivity index (χ3n) is 1.65. The highest BCUT2D eigenvalue weighted by molar-refractivity contribution is 7.89. The van der Waals surface area contributed by atoms with Crippen molar-refractivity contribution in [2.24, 2.45) is 0 Å². The minimum Gasteiger partial charge on any atom is -0.229 e. The van der Waals surface area contributed by atoms with Gasteiger partial charge < -0.3 is 0 Å². The van der Waals surface area contributed by atoms with Crippen molar-refractivity contribution in [3.8, 4) is 0 Å². The van der Waals surface area contributed by atoms with Crippen molar-refractivity contribution in [2.45, 2.75) is 12.7 Å². The Morgan fingerprint density at radius 2 is 2.00 bits per heavy atom. The zero-order chi connectivity index (χ0) is 10.1. The van der Waals surface area contributed by atoms with E-state index in [4.69, 9.17) is 0 Å². The van der Waals surface area contributed by atoms with Crippen molar-refractivity contribution in [3.05, 3.63) is 35.1 Å². The molecule has 1 aromatic carbocycles. The second-order valence-corrected chi connectivity index (χ2v) is 5.29. The molecular weight excluding hydrogens is 191 g/mol. The lowest BCUT2D eigenvalue weighted by Gasteiger charge is -2.01. The smallest absolute Gasteiger partial charge is 0.151 e. The molecule has 0 radical (unpaired) electrons. The lowest BCUT2D eigenvalue weighted by molar-refractivity contribution is 0.600. The number of hydrogen-bond donors (Lipinski definition) is 0. The van der Waals surface area contributed by atoms with E-state index in [0.717, 1.165) is 6.26 Å². The Labute approximate surface area is 77.3 Å². The third kappa shape index (κ3) is 3.14. The van der Waals surface area contributed by atoms with Crippen molar-refractivity contribution < 1.29 is 12.8 Å². The van der Waals surface area contributed by atoms with Gasteiger partial charge >= 0.3 is 0 Å². The van der Waals surface area contributed by atoms with Gasteiger partial charge in [-0.25, -0.2) is 12.8 Å². The summed E-state index contributed by atoms with van der Waals surface area (Å²) >= 11 is 0. The molecule has 0 aliphatic rings. The Morgan fingerprint density at radius 3 is 2.46 bits per heavy atom. The van der Waals surface area contributed by atoms with Gasteiger partial charge in [-0.2, -0.15) is 0 Å².